The van der Waals surface area contributed by atoms with E-state index in [2.05, 4.69) is 10.2 Å². The third-order valence-corrected chi connectivity index (χ3v) is 3.70. The van der Waals surface area contributed by atoms with Crippen LogP contribution in [-0.4, -0.2) is 26.3 Å². The quantitative estimate of drug-likeness (QED) is 0.680. The third kappa shape index (κ3) is 3.38. The Hall–Kier alpha value is -1.96. The van der Waals surface area contributed by atoms with Gasteiger partial charge >= 0.3 is 5.69 Å². The Morgan fingerprint density at radius 3 is 2.81 bits per heavy atom. The predicted molar refractivity (Wildman–Crippen MR) is 74.6 cm³/mol. The molecule has 0 aliphatic rings. The molecule has 21 heavy (non-hydrogen) atoms. The van der Waals surface area contributed by atoms with Crippen LogP contribution in [0.4, 0.5) is 8.78 Å². The van der Waals surface area contributed by atoms with Gasteiger partial charge in [0.15, 0.2) is 10.9 Å². The number of rotatable bonds is 5. The first-order valence-electron chi connectivity index (χ1n) is 6.18. The highest BCUT2D eigenvalue weighted by Crippen LogP contribution is 2.19. The monoisotopic (exact) mass is 313 g/mol. The summed E-state index contributed by atoms with van der Waals surface area (Å²) in [5.41, 5.74) is -0.687. The van der Waals surface area contributed by atoms with Crippen LogP contribution < -0.4 is 5.69 Å². The van der Waals surface area contributed by atoms with E-state index >= 15 is 0 Å². The van der Waals surface area contributed by atoms with Gasteiger partial charge in [-0.15, -0.1) is 5.10 Å². The van der Waals surface area contributed by atoms with Crippen molar-refractivity contribution in [2.45, 2.75) is 25.0 Å². The van der Waals surface area contributed by atoms with Gasteiger partial charge in [-0.3, -0.25) is 9.36 Å². The minimum absolute atomic E-state index is 0.125. The Balaban J connectivity index is 2.15. The average Bonchev–Trinajstić information content (AvgIpc) is 2.80. The molecule has 112 valence electrons. The van der Waals surface area contributed by atoms with Crippen molar-refractivity contribution in [2.24, 2.45) is 0 Å². The molecule has 0 aliphatic carbocycles. The van der Waals surface area contributed by atoms with Gasteiger partial charge in [-0.2, -0.15) is 0 Å². The number of hydrogen-bond acceptors (Lipinski definition) is 4. The summed E-state index contributed by atoms with van der Waals surface area (Å²) in [5, 5.41) is 6.44. The highest BCUT2D eigenvalue weighted by atomic mass is 32.2. The van der Waals surface area contributed by atoms with Crippen LogP contribution in [0.1, 0.15) is 30.2 Å². The number of Topliss-reactive ketones (excluding diaryl/α,β-unsaturated/α-hetero) is 1. The van der Waals surface area contributed by atoms with Crippen molar-refractivity contribution < 1.29 is 13.6 Å². The van der Waals surface area contributed by atoms with E-state index in [1.54, 1.807) is 13.8 Å². The number of aromatic nitrogens is 3. The zero-order chi connectivity index (χ0) is 15.6. The molecule has 5 nitrogen and oxygen atoms in total. The number of aromatic amines is 1. The Bertz CT molecular complexity index is 724. The molecule has 8 heteroatoms. The summed E-state index contributed by atoms with van der Waals surface area (Å²) in [5.74, 6) is -2.16. The van der Waals surface area contributed by atoms with Gasteiger partial charge in [0.25, 0.3) is 0 Å². The third-order valence-electron chi connectivity index (χ3n) is 2.75. The summed E-state index contributed by atoms with van der Waals surface area (Å²) >= 11 is 0.996. The molecule has 1 aromatic carbocycles. The minimum Gasteiger partial charge on any atom is -0.293 e. The molecule has 2 rings (SSSR count). The van der Waals surface area contributed by atoms with Gasteiger partial charge in [-0.1, -0.05) is 11.8 Å². The number of nitrogens with one attached hydrogen (secondary N) is 1. The van der Waals surface area contributed by atoms with Crippen molar-refractivity contribution in [2.75, 3.05) is 5.75 Å². The van der Waals surface area contributed by atoms with Crippen LogP contribution in [0.5, 0.6) is 0 Å². The van der Waals surface area contributed by atoms with Crippen LogP contribution in [0.2, 0.25) is 0 Å². The number of nitrogens with zero attached hydrogens (tertiary/aromatic N) is 2. The maximum atomic E-state index is 13.5. The lowest BCUT2D eigenvalue weighted by atomic mass is 10.1. The summed E-state index contributed by atoms with van der Waals surface area (Å²) in [4.78, 5) is 23.5. The molecule has 2 aromatic rings. The van der Waals surface area contributed by atoms with E-state index < -0.39 is 17.4 Å². The Morgan fingerprint density at radius 1 is 1.43 bits per heavy atom. The zero-order valence-electron chi connectivity index (χ0n) is 11.4. The van der Waals surface area contributed by atoms with Crippen molar-refractivity contribution in [3.63, 3.8) is 0 Å². The molecule has 0 unspecified atom stereocenters. The normalized spacial score (nSPS) is 11.1. The fraction of sp³-hybridized carbons (Fsp3) is 0.308. The van der Waals surface area contributed by atoms with Crippen molar-refractivity contribution in [3.05, 3.63) is 45.9 Å². The van der Waals surface area contributed by atoms with Crippen LogP contribution in [-0.2, 0) is 0 Å². The first kappa shape index (κ1) is 15.4. The molecule has 0 bridgehead atoms. The van der Waals surface area contributed by atoms with E-state index in [1.807, 2.05) is 0 Å². The lowest BCUT2D eigenvalue weighted by Gasteiger charge is -2.08. The number of carbonyl (C=O) groups excluding carboxylic acids is 1. The lowest BCUT2D eigenvalue weighted by molar-refractivity contribution is 0.101. The average molecular weight is 313 g/mol. The molecule has 0 saturated carbocycles. The molecule has 1 aromatic heterocycles. The van der Waals surface area contributed by atoms with Gasteiger partial charge in [0.1, 0.15) is 11.6 Å². The number of ketones is 1. The van der Waals surface area contributed by atoms with E-state index in [0.717, 1.165) is 30.0 Å². The Labute approximate surface area is 123 Å². The SMILES string of the molecule is CC(C)n1c(SCC(=O)c2cc(F)ccc2F)n[nH]c1=O. The maximum absolute atomic E-state index is 13.5. The topological polar surface area (TPSA) is 67.8 Å². The van der Waals surface area contributed by atoms with Crippen LogP contribution in [0.25, 0.3) is 0 Å². The first-order chi connectivity index (χ1) is 9.90. The van der Waals surface area contributed by atoms with Gasteiger partial charge in [0, 0.05) is 6.04 Å². The fourth-order valence-corrected chi connectivity index (χ4v) is 2.73. The van der Waals surface area contributed by atoms with E-state index in [1.165, 1.54) is 4.57 Å². The van der Waals surface area contributed by atoms with Crippen molar-refractivity contribution in [1.82, 2.24) is 14.8 Å². The van der Waals surface area contributed by atoms with Gasteiger partial charge in [-0.05, 0) is 32.0 Å². The second-order valence-corrected chi connectivity index (χ2v) is 5.55. The molecule has 0 saturated heterocycles. The maximum Gasteiger partial charge on any atom is 0.344 e. The summed E-state index contributed by atoms with van der Waals surface area (Å²) < 4.78 is 27.9. The molecule has 1 N–H and O–H groups in total. The van der Waals surface area contributed by atoms with Crippen molar-refractivity contribution in [1.29, 1.82) is 0 Å². The molecule has 0 radical (unpaired) electrons. The number of benzene rings is 1. The van der Waals surface area contributed by atoms with Gasteiger partial charge in [-0.25, -0.2) is 18.7 Å². The first-order valence-corrected chi connectivity index (χ1v) is 7.16. The predicted octanol–water partition coefficient (Wildman–Crippen LogP) is 2.41. The standard InChI is InChI=1S/C13H13F2N3O2S/c1-7(2)18-12(20)16-17-13(18)21-6-11(19)9-5-8(14)3-4-10(9)15/h3-5,7H,6H2,1-2H3,(H,16,20). The highest BCUT2D eigenvalue weighted by molar-refractivity contribution is 7.99. The van der Waals surface area contributed by atoms with Gasteiger partial charge in [0.05, 0.1) is 11.3 Å². The van der Waals surface area contributed by atoms with E-state index in [9.17, 15) is 18.4 Å². The summed E-state index contributed by atoms with van der Waals surface area (Å²) in [6.07, 6.45) is 0. The molecule has 0 aliphatic heterocycles. The second-order valence-electron chi connectivity index (χ2n) is 4.61. The highest BCUT2D eigenvalue weighted by Gasteiger charge is 2.17. The van der Waals surface area contributed by atoms with Crippen molar-refractivity contribution in [3.8, 4) is 0 Å². The van der Waals surface area contributed by atoms with E-state index in [0.29, 0.717) is 5.16 Å². The number of thioether (sulfide) groups is 1. The number of halogens is 2. The largest absolute Gasteiger partial charge is 0.344 e. The summed E-state index contributed by atoms with van der Waals surface area (Å²) in [7, 11) is 0. The van der Waals surface area contributed by atoms with Gasteiger partial charge in [0.2, 0.25) is 0 Å². The summed E-state index contributed by atoms with van der Waals surface area (Å²) in [6, 6.07) is 2.59. The lowest BCUT2D eigenvalue weighted by Crippen LogP contribution is -2.19. The van der Waals surface area contributed by atoms with Crippen LogP contribution in [0.15, 0.2) is 28.2 Å². The van der Waals surface area contributed by atoms with Crippen LogP contribution in [0.3, 0.4) is 0 Å². The summed E-state index contributed by atoms with van der Waals surface area (Å²) in [6.45, 7) is 3.60. The Morgan fingerprint density at radius 2 is 2.14 bits per heavy atom. The molecule has 1 heterocycles. The number of H-pyrrole nitrogens is 1. The smallest absolute Gasteiger partial charge is 0.293 e. The van der Waals surface area contributed by atoms with Gasteiger partial charge < -0.3 is 0 Å². The molecule has 0 spiro atoms. The second kappa shape index (κ2) is 6.21. The molecule has 0 amide bonds. The van der Waals surface area contributed by atoms with Crippen LogP contribution >= 0.6 is 11.8 Å². The number of hydrogen-bond donors (Lipinski definition) is 1. The van der Waals surface area contributed by atoms with Crippen molar-refractivity contribution >= 4 is 17.5 Å². The molecular weight excluding hydrogens is 300 g/mol. The van der Waals surface area contributed by atoms with E-state index in [4.69, 9.17) is 0 Å². The van der Waals surface area contributed by atoms with E-state index in [-0.39, 0.29) is 23.0 Å². The zero-order valence-corrected chi connectivity index (χ0v) is 12.2. The number of carbonyl (C=O) groups is 1. The minimum atomic E-state index is -0.773. The molecule has 0 fully saturated rings. The molecular formula is C13H13F2N3O2S. The Kier molecular flexibility index (Phi) is 4.56. The molecule has 0 atom stereocenters. The fourth-order valence-electron chi connectivity index (χ4n) is 1.77. The van der Waals surface area contributed by atoms with Crippen LogP contribution in [0, 0.1) is 11.6 Å².